The van der Waals surface area contributed by atoms with E-state index in [4.69, 9.17) is 4.98 Å². The van der Waals surface area contributed by atoms with Crippen LogP contribution in [0.15, 0.2) is 177 Å². The van der Waals surface area contributed by atoms with E-state index in [1.165, 1.54) is 38.2 Å². The van der Waals surface area contributed by atoms with E-state index in [2.05, 4.69) is 175 Å². The van der Waals surface area contributed by atoms with Crippen molar-refractivity contribution in [1.82, 2.24) is 14.1 Å². The van der Waals surface area contributed by atoms with Crippen LogP contribution in [0.5, 0.6) is 0 Å². The first kappa shape index (κ1) is 30.9. The fourth-order valence-corrected chi connectivity index (χ4v) is 7.37. The van der Waals surface area contributed by atoms with Crippen LogP contribution in [0.4, 0.5) is 0 Å². The molecule has 240 valence electrons. The fourth-order valence-electron chi connectivity index (χ4n) is 7.37. The highest BCUT2D eigenvalue weighted by Crippen LogP contribution is 2.41. The zero-order valence-electron chi connectivity index (χ0n) is 28.3. The Bertz CT molecular complexity index is 2690. The summed E-state index contributed by atoms with van der Waals surface area (Å²) >= 11 is 0. The minimum absolute atomic E-state index is 0.869. The molecule has 5 aromatic carbocycles. The molecule has 0 saturated heterocycles. The lowest BCUT2D eigenvalue weighted by Crippen LogP contribution is -2.01. The molecule has 0 fully saturated rings. The van der Waals surface area contributed by atoms with E-state index in [-0.39, 0.29) is 0 Å². The van der Waals surface area contributed by atoms with E-state index in [1.807, 2.05) is 25.1 Å². The Kier molecular flexibility index (Phi) is 7.94. The summed E-state index contributed by atoms with van der Waals surface area (Å²) in [6, 6.07) is 45.5. The summed E-state index contributed by atoms with van der Waals surface area (Å²) in [6.45, 7) is 12.2. The lowest BCUT2D eigenvalue weighted by molar-refractivity contribution is 1.08. The quantitative estimate of drug-likeness (QED) is 0.151. The zero-order chi connectivity index (χ0) is 34.2. The van der Waals surface area contributed by atoms with Crippen LogP contribution in [0.3, 0.4) is 0 Å². The Morgan fingerprint density at radius 1 is 0.640 bits per heavy atom. The van der Waals surface area contributed by atoms with E-state index in [0.29, 0.717) is 0 Å². The predicted octanol–water partition coefficient (Wildman–Crippen LogP) is 12.8. The van der Waals surface area contributed by atoms with Crippen molar-refractivity contribution in [2.45, 2.75) is 13.8 Å². The van der Waals surface area contributed by atoms with Gasteiger partial charge in [-0.25, -0.2) is 4.98 Å². The molecule has 3 aromatic heterocycles. The van der Waals surface area contributed by atoms with Crippen LogP contribution in [0.2, 0.25) is 0 Å². The van der Waals surface area contributed by atoms with Crippen LogP contribution < -0.4 is 0 Å². The maximum atomic E-state index is 5.31. The van der Waals surface area contributed by atoms with Crippen LogP contribution in [0.25, 0.3) is 83.1 Å². The van der Waals surface area contributed by atoms with Gasteiger partial charge in [-0.3, -0.25) is 4.57 Å². The van der Waals surface area contributed by atoms with Crippen molar-refractivity contribution >= 4 is 54.9 Å². The fraction of sp³-hybridized carbons (Fsp3) is 0.0426. The molecule has 8 aromatic rings. The van der Waals surface area contributed by atoms with Gasteiger partial charge >= 0.3 is 0 Å². The molecule has 0 atom stereocenters. The molecule has 0 aliphatic carbocycles. The number of aromatic nitrogens is 3. The van der Waals surface area contributed by atoms with Crippen LogP contribution in [0.1, 0.15) is 19.4 Å². The average Bonchev–Trinajstić information content (AvgIpc) is 3.68. The Balaban J connectivity index is 1.40. The second-order valence-corrected chi connectivity index (χ2v) is 12.4. The van der Waals surface area contributed by atoms with Gasteiger partial charge in [-0.2, -0.15) is 0 Å². The van der Waals surface area contributed by atoms with Crippen LogP contribution in [-0.2, 0) is 0 Å². The van der Waals surface area contributed by atoms with Crippen LogP contribution in [-0.4, -0.2) is 14.1 Å². The second-order valence-electron chi connectivity index (χ2n) is 12.4. The van der Waals surface area contributed by atoms with E-state index >= 15 is 0 Å². The lowest BCUT2D eigenvalue weighted by Gasteiger charge is -2.13. The van der Waals surface area contributed by atoms with Crippen molar-refractivity contribution in [3.8, 4) is 28.2 Å². The van der Waals surface area contributed by atoms with Gasteiger partial charge in [-0.05, 0) is 84.7 Å². The standard InChI is InChI=1S/C47H37N3/c1-5-17-32(18-6-2)35-30-41(33-19-10-9-11-20-33)48-46(31-35)50-42-24-14-12-21-38(42)40-29-34(27-28-44(40)50)37-23-16-26-45-47(37)39-22-13-15-25-43(39)49(45)36(7-3)8-4/h5-31H,1,3H2,2,4H3/b18-6-,32-17+,36-8+. The molecule has 0 aliphatic rings. The molecule has 3 heteroatoms. The molecule has 50 heavy (non-hydrogen) atoms. The van der Waals surface area contributed by atoms with Gasteiger partial charge in [0.1, 0.15) is 5.82 Å². The van der Waals surface area contributed by atoms with Crippen molar-refractivity contribution in [2.75, 3.05) is 0 Å². The van der Waals surface area contributed by atoms with Gasteiger partial charge in [0.25, 0.3) is 0 Å². The average molecular weight is 644 g/mol. The number of allylic oxidation sites excluding steroid dienone is 8. The van der Waals surface area contributed by atoms with Crippen molar-refractivity contribution < 1.29 is 0 Å². The lowest BCUT2D eigenvalue weighted by atomic mass is 9.98. The maximum absolute atomic E-state index is 5.31. The molecule has 0 bridgehead atoms. The summed E-state index contributed by atoms with van der Waals surface area (Å²) in [6.07, 6.45) is 12.1. The van der Waals surface area contributed by atoms with Crippen molar-refractivity contribution in [3.05, 3.63) is 183 Å². The van der Waals surface area contributed by atoms with Gasteiger partial charge < -0.3 is 4.57 Å². The first-order valence-electron chi connectivity index (χ1n) is 17.0. The number of hydrogen-bond donors (Lipinski definition) is 0. The number of rotatable bonds is 8. The molecular weight excluding hydrogens is 607 g/mol. The van der Waals surface area contributed by atoms with Gasteiger partial charge in [0, 0.05) is 32.8 Å². The molecule has 0 spiro atoms. The molecule has 0 N–H and O–H groups in total. The molecule has 0 radical (unpaired) electrons. The van der Waals surface area contributed by atoms with E-state index in [9.17, 15) is 0 Å². The second kappa shape index (κ2) is 12.9. The normalized spacial score (nSPS) is 12.5. The number of hydrogen-bond acceptors (Lipinski definition) is 1. The van der Waals surface area contributed by atoms with E-state index in [0.717, 1.165) is 50.5 Å². The van der Waals surface area contributed by atoms with Crippen LogP contribution >= 0.6 is 0 Å². The minimum Gasteiger partial charge on any atom is -0.310 e. The third-order valence-corrected chi connectivity index (χ3v) is 9.53. The van der Waals surface area contributed by atoms with Crippen LogP contribution in [0, 0.1) is 0 Å². The highest BCUT2D eigenvalue weighted by atomic mass is 15.1. The molecule has 0 aliphatic heterocycles. The predicted molar refractivity (Wildman–Crippen MR) is 216 cm³/mol. The van der Waals surface area contributed by atoms with Crippen molar-refractivity contribution in [1.29, 1.82) is 0 Å². The Morgan fingerprint density at radius 2 is 1.36 bits per heavy atom. The number of fused-ring (bicyclic) bond motifs is 6. The third-order valence-electron chi connectivity index (χ3n) is 9.53. The first-order valence-corrected chi connectivity index (χ1v) is 17.0. The number of benzene rings is 5. The van der Waals surface area contributed by atoms with Gasteiger partial charge in [-0.1, -0.05) is 128 Å². The largest absolute Gasteiger partial charge is 0.310 e. The summed E-state index contributed by atoms with van der Waals surface area (Å²) in [7, 11) is 0. The first-order chi connectivity index (χ1) is 24.6. The van der Waals surface area contributed by atoms with Gasteiger partial charge in [0.15, 0.2) is 0 Å². The van der Waals surface area contributed by atoms with E-state index < -0.39 is 0 Å². The number of pyridine rings is 1. The topological polar surface area (TPSA) is 22.8 Å². The van der Waals surface area contributed by atoms with Gasteiger partial charge in [0.05, 0.1) is 27.8 Å². The maximum Gasteiger partial charge on any atom is 0.138 e. The smallest absolute Gasteiger partial charge is 0.138 e. The molecule has 0 amide bonds. The molecular formula is C47H37N3. The monoisotopic (exact) mass is 643 g/mol. The van der Waals surface area contributed by atoms with Crippen molar-refractivity contribution in [2.24, 2.45) is 0 Å². The highest BCUT2D eigenvalue weighted by molar-refractivity contribution is 6.18. The molecule has 8 rings (SSSR count). The zero-order valence-corrected chi connectivity index (χ0v) is 28.3. The Labute approximate surface area is 292 Å². The summed E-state index contributed by atoms with van der Waals surface area (Å²) in [4.78, 5) is 5.31. The third kappa shape index (κ3) is 5.03. The Hall–Kier alpha value is -6.45. The molecule has 0 unspecified atom stereocenters. The molecule has 3 heterocycles. The number of para-hydroxylation sites is 2. The summed E-state index contributed by atoms with van der Waals surface area (Å²) < 4.78 is 4.62. The summed E-state index contributed by atoms with van der Waals surface area (Å²) in [5.41, 5.74) is 12.1. The number of nitrogens with zero attached hydrogens (tertiary/aromatic N) is 3. The van der Waals surface area contributed by atoms with Crippen molar-refractivity contribution in [3.63, 3.8) is 0 Å². The molecule has 0 saturated carbocycles. The van der Waals surface area contributed by atoms with E-state index in [1.54, 1.807) is 0 Å². The van der Waals surface area contributed by atoms with Gasteiger partial charge in [0.2, 0.25) is 0 Å². The minimum atomic E-state index is 0.869. The Morgan fingerprint density at radius 3 is 2.12 bits per heavy atom. The summed E-state index contributed by atoms with van der Waals surface area (Å²) in [5.74, 6) is 0.869. The molecule has 3 nitrogen and oxygen atoms in total. The van der Waals surface area contributed by atoms with Gasteiger partial charge in [-0.15, -0.1) is 0 Å². The highest BCUT2D eigenvalue weighted by Gasteiger charge is 2.19. The SMILES string of the molecule is C=C/C=C(\C=C/C)c1cc(-c2ccccc2)nc(-n2c3ccccc3c3cc(-c4cccc5c4c4ccccc4n5/C(C=C)=C/C)ccc32)c1. The summed E-state index contributed by atoms with van der Waals surface area (Å²) in [5, 5.41) is 4.83.